The third-order valence-electron chi connectivity index (χ3n) is 8.54. The Morgan fingerprint density at radius 3 is 2.21 bits per heavy atom. The Bertz CT molecular complexity index is 1360. The van der Waals surface area contributed by atoms with Crippen molar-refractivity contribution in [3.63, 3.8) is 0 Å². The number of piperidine rings is 1. The summed E-state index contributed by atoms with van der Waals surface area (Å²) in [6.07, 6.45) is 5.79. The lowest BCUT2D eigenvalue weighted by Crippen LogP contribution is -2.33. The van der Waals surface area contributed by atoms with E-state index in [0.29, 0.717) is 6.04 Å². The van der Waals surface area contributed by atoms with Gasteiger partial charge < -0.3 is 4.57 Å². The van der Waals surface area contributed by atoms with Crippen LogP contribution in [0.25, 0.3) is 22.6 Å². The molecule has 1 atom stereocenters. The molecule has 3 heteroatoms. The molecule has 1 aromatic heterocycles. The zero-order valence-electron chi connectivity index (χ0n) is 23.9. The van der Waals surface area contributed by atoms with E-state index in [4.69, 9.17) is 4.98 Å². The van der Waals surface area contributed by atoms with Crippen LogP contribution < -0.4 is 0 Å². The molecule has 0 spiro atoms. The maximum atomic E-state index is 5.51. The van der Waals surface area contributed by atoms with Gasteiger partial charge in [0.05, 0.1) is 11.4 Å². The van der Waals surface area contributed by atoms with Crippen LogP contribution in [0.4, 0.5) is 0 Å². The standard InChI is InChI=1S/C35H43N3/c1-6-27-17-14-18-28(7-2)33(27)35-36-34(30-21-20-25(4)26(5)23-30)32(38(35)8-3)24-37-22-13-12-19-31(37)29-15-10-9-11-16-29/h9-11,14-18,20-21,23,31H,6-8,12-13,19,22,24H2,1-5H3. The molecule has 3 aromatic carbocycles. The summed E-state index contributed by atoms with van der Waals surface area (Å²) in [6, 6.07) is 25.2. The van der Waals surface area contributed by atoms with Crippen LogP contribution in [0, 0.1) is 13.8 Å². The van der Waals surface area contributed by atoms with Crippen LogP contribution >= 0.6 is 0 Å². The van der Waals surface area contributed by atoms with Crippen LogP contribution in [-0.2, 0) is 25.9 Å². The average Bonchev–Trinajstić information content (AvgIpc) is 3.32. The van der Waals surface area contributed by atoms with Gasteiger partial charge in [0.15, 0.2) is 0 Å². The number of rotatable bonds is 8. The molecule has 1 saturated heterocycles. The van der Waals surface area contributed by atoms with Crippen LogP contribution in [0.5, 0.6) is 0 Å². The fourth-order valence-electron chi connectivity index (χ4n) is 6.25. The van der Waals surface area contributed by atoms with Crippen LogP contribution in [-0.4, -0.2) is 21.0 Å². The molecule has 2 heterocycles. The number of imidazole rings is 1. The van der Waals surface area contributed by atoms with E-state index in [1.54, 1.807) is 0 Å². The monoisotopic (exact) mass is 505 g/mol. The van der Waals surface area contributed by atoms with Crippen molar-refractivity contribution < 1.29 is 0 Å². The fourth-order valence-corrected chi connectivity index (χ4v) is 6.25. The Labute approximate surface area is 229 Å². The van der Waals surface area contributed by atoms with E-state index in [0.717, 1.165) is 44.0 Å². The van der Waals surface area contributed by atoms with Crippen molar-refractivity contribution >= 4 is 0 Å². The Morgan fingerprint density at radius 2 is 1.55 bits per heavy atom. The van der Waals surface area contributed by atoms with Crippen molar-refractivity contribution in [2.24, 2.45) is 0 Å². The predicted molar refractivity (Wildman–Crippen MR) is 160 cm³/mol. The first-order valence-corrected chi connectivity index (χ1v) is 14.6. The smallest absolute Gasteiger partial charge is 0.141 e. The molecule has 198 valence electrons. The van der Waals surface area contributed by atoms with Gasteiger partial charge in [0.2, 0.25) is 0 Å². The molecule has 38 heavy (non-hydrogen) atoms. The van der Waals surface area contributed by atoms with Gasteiger partial charge in [-0.15, -0.1) is 0 Å². The number of hydrogen-bond acceptors (Lipinski definition) is 2. The number of hydrogen-bond donors (Lipinski definition) is 0. The molecule has 0 amide bonds. The number of nitrogens with zero attached hydrogens (tertiary/aromatic N) is 3. The first-order valence-electron chi connectivity index (χ1n) is 14.6. The highest BCUT2D eigenvalue weighted by molar-refractivity contribution is 5.73. The molecule has 1 aliphatic heterocycles. The molecule has 1 aliphatic rings. The van der Waals surface area contributed by atoms with E-state index in [1.165, 1.54) is 63.9 Å². The number of likely N-dealkylation sites (tertiary alicyclic amines) is 1. The van der Waals surface area contributed by atoms with Gasteiger partial charge in [-0.1, -0.05) is 80.9 Å². The van der Waals surface area contributed by atoms with Gasteiger partial charge in [-0.25, -0.2) is 4.98 Å². The predicted octanol–water partition coefficient (Wildman–Crippen LogP) is 8.71. The normalized spacial score (nSPS) is 16.2. The van der Waals surface area contributed by atoms with Gasteiger partial charge in [0.1, 0.15) is 5.82 Å². The summed E-state index contributed by atoms with van der Waals surface area (Å²) in [4.78, 5) is 8.22. The van der Waals surface area contributed by atoms with Crippen LogP contribution in [0.2, 0.25) is 0 Å². The highest BCUT2D eigenvalue weighted by Gasteiger charge is 2.28. The second-order valence-electron chi connectivity index (χ2n) is 10.8. The average molecular weight is 506 g/mol. The summed E-state index contributed by atoms with van der Waals surface area (Å²) < 4.78 is 2.52. The topological polar surface area (TPSA) is 21.1 Å². The minimum Gasteiger partial charge on any atom is -0.327 e. The van der Waals surface area contributed by atoms with Gasteiger partial charge in [-0.05, 0) is 86.9 Å². The minimum atomic E-state index is 0.454. The maximum Gasteiger partial charge on any atom is 0.141 e. The van der Waals surface area contributed by atoms with Crippen LogP contribution in [0.3, 0.4) is 0 Å². The van der Waals surface area contributed by atoms with Crippen molar-refractivity contribution in [2.75, 3.05) is 6.54 Å². The summed E-state index contributed by atoms with van der Waals surface area (Å²) in [5.74, 6) is 1.14. The molecule has 0 bridgehead atoms. The fraction of sp³-hybridized carbons (Fsp3) is 0.400. The number of aromatic nitrogens is 2. The zero-order valence-corrected chi connectivity index (χ0v) is 23.9. The zero-order chi connectivity index (χ0) is 26.6. The molecule has 0 radical (unpaired) electrons. The lowest BCUT2D eigenvalue weighted by atomic mass is 9.94. The molecule has 1 fully saturated rings. The van der Waals surface area contributed by atoms with Crippen molar-refractivity contribution in [3.8, 4) is 22.6 Å². The Morgan fingerprint density at radius 1 is 0.816 bits per heavy atom. The highest BCUT2D eigenvalue weighted by atomic mass is 15.2. The molecule has 0 saturated carbocycles. The Hall–Kier alpha value is -3.17. The van der Waals surface area contributed by atoms with Crippen molar-refractivity contribution in [2.45, 2.75) is 85.9 Å². The van der Waals surface area contributed by atoms with Crippen LogP contribution in [0.15, 0.2) is 66.7 Å². The largest absolute Gasteiger partial charge is 0.327 e. The molecule has 5 rings (SSSR count). The first kappa shape index (κ1) is 26.4. The van der Waals surface area contributed by atoms with Crippen molar-refractivity contribution in [1.82, 2.24) is 14.5 Å². The summed E-state index contributed by atoms with van der Waals surface area (Å²) >= 11 is 0. The van der Waals surface area contributed by atoms with E-state index >= 15 is 0 Å². The van der Waals surface area contributed by atoms with Crippen molar-refractivity contribution in [3.05, 3.63) is 100 Å². The number of aryl methyl sites for hydroxylation is 4. The van der Waals surface area contributed by atoms with Crippen LogP contribution in [0.1, 0.15) is 79.6 Å². The third kappa shape index (κ3) is 5.09. The SMILES string of the molecule is CCc1cccc(CC)c1-c1nc(-c2ccc(C)c(C)c2)c(CN2CCCCC2c2ccccc2)n1CC. The van der Waals surface area contributed by atoms with Gasteiger partial charge in [0, 0.05) is 30.3 Å². The van der Waals surface area contributed by atoms with Gasteiger partial charge in [0.25, 0.3) is 0 Å². The second kappa shape index (κ2) is 11.7. The summed E-state index contributed by atoms with van der Waals surface area (Å²) in [5, 5.41) is 0. The van der Waals surface area contributed by atoms with Gasteiger partial charge in [-0.3, -0.25) is 4.90 Å². The van der Waals surface area contributed by atoms with Gasteiger partial charge in [-0.2, -0.15) is 0 Å². The van der Waals surface area contributed by atoms with E-state index in [1.807, 2.05) is 0 Å². The summed E-state index contributed by atoms with van der Waals surface area (Å²) in [5.41, 5.74) is 11.9. The number of benzene rings is 3. The summed E-state index contributed by atoms with van der Waals surface area (Å²) in [6.45, 7) is 14.2. The van der Waals surface area contributed by atoms with Crippen molar-refractivity contribution in [1.29, 1.82) is 0 Å². The minimum absolute atomic E-state index is 0.454. The molecule has 0 aliphatic carbocycles. The second-order valence-corrected chi connectivity index (χ2v) is 10.8. The highest BCUT2D eigenvalue weighted by Crippen LogP contribution is 2.38. The molecular weight excluding hydrogens is 462 g/mol. The molecular formula is C35H43N3. The maximum absolute atomic E-state index is 5.51. The van der Waals surface area contributed by atoms with E-state index in [-0.39, 0.29) is 0 Å². The lowest BCUT2D eigenvalue weighted by Gasteiger charge is -2.36. The summed E-state index contributed by atoms with van der Waals surface area (Å²) in [7, 11) is 0. The van der Waals surface area contributed by atoms with E-state index in [2.05, 4.69) is 111 Å². The van der Waals surface area contributed by atoms with Gasteiger partial charge >= 0.3 is 0 Å². The first-order chi connectivity index (χ1) is 18.5. The van der Waals surface area contributed by atoms with E-state index in [9.17, 15) is 0 Å². The molecule has 4 aromatic rings. The quantitative estimate of drug-likeness (QED) is 0.239. The lowest BCUT2D eigenvalue weighted by molar-refractivity contribution is 0.137. The van der Waals surface area contributed by atoms with E-state index < -0.39 is 0 Å². The Kier molecular flexibility index (Phi) is 8.14. The molecule has 3 nitrogen and oxygen atoms in total. The molecule has 1 unspecified atom stereocenters. The molecule has 0 N–H and O–H groups in total. The third-order valence-corrected chi connectivity index (χ3v) is 8.54. The Balaban J connectivity index is 1.69.